The SMILES string of the molecule is CCCC(C)CC(=O)C(C)(C)C1CCCNC1. The van der Waals surface area contributed by atoms with Crippen LogP contribution in [0.15, 0.2) is 0 Å². The monoisotopic (exact) mass is 239 g/mol. The fraction of sp³-hybridized carbons (Fsp3) is 0.933. The second-order valence-corrected chi connectivity index (χ2v) is 6.29. The van der Waals surface area contributed by atoms with Crippen molar-refractivity contribution >= 4 is 5.78 Å². The standard InChI is InChI=1S/C15H29NO/c1-5-7-12(2)10-14(17)15(3,4)13-8-6-9-16-11-13/h12-13,16H,5-11H2,1-4H3. The highest BCUT2D eigenvalue weighted by Crippen LogP contribution is 2.34. The van der Waals surface area contributed by atoms with Crippen LogP contribution in [-0.2, 0) is 4.79 Å². The van der Waals surface area contributed by atoms with Gasteiger partial charge >= 0.3 is 0 Å². The van der Waals surface area contributed by atoms with Gasteiger partial charge in [-0.3, -0.25) is 4.79 Å². The van der Waals surface area contributed by atoms with Gasteiger partial charge in [-0.05, 0) is 37.8 Å². The van der Waals surface area contributed by atoms with Crippen LogP contribution in [0.1, 0.15) is 59.8 Å². The van der Waals surface area contributed by atoms with Crippen molar-refractivity contribution in [2.45, 2.75) is 59.8 Å². The van der Waals surface area contributed by atoms with Crippen LogP contribution in [0.2, 0.25) is 0 Å². The number of hydrogen-bond donors (Lipinski definition) is 1. The summed E-state index contributed by atoms with van der Waals surface area (Å²) in [4.78, 5) is 12.4. The Hall–Kier alpha value is -0.370. The molecule has 0 radical (unpaired) electrons. The lowest BCUT2D eigenvalue weighted by atomic mass is 9.70. The third-order valence-corrected chi connectivity index (χ3v) is 4.35. The first-order chi connectivity index (χ1) is 7.98. The predicted octanol–water partition coefficient (Wildman–Crippen LogP) is 3.41. The quantitative estimate of drug-likeness (QED) is 0.769. The van der Waals surface area contributed by atoms with Gasteiger partial charge in [-0.2, -0.15) is 0 Å². The van der Waals surface area contributed by atoms with Crippen LogP contribution in [0.3, 0.4) is 0 Å². The van der Waals surface area contributed by atoms with Crippen molar-refractivity contribution in [3.05, 3.63) is 0 Å². The molecule has 2 unspecified atom stereocenters. The zero-order valence-electron chi connectivity index (χ0n) is 12.0. The lowest BCUT2D eigenvalue weighted by molar-refractivity contribution is -0.131. The average molecular weight is 239 g/mol. The minimum atomic E-state index is -0.143. The topological polar surface area (TPSA) is 29.1 Å². The van der Waals surface area contributed by atoms with E-state index in [4.69, 9.17) is 0 Å². The maximum absolute atomic E-state index is 12.4. The van der Waals surface area contributed by atoms with E-state index in [-0.39, 0.29) is 5.41 Å². The zero-order valence-corrected chi connectivity index (χ0v) is 12.0. The highest BCUT2D eigenvalue weighted by Gasteiger charge is 2.36. The van der Waals surface area contributed by atoms with E-state index in [0.29, 0.717) is 17.6 Å². The van der Waals surface area contributed by atoms with Crippen molar-refractivity contribution in [3.8, 4) is 0 Å². The first-order valence-electron chi connectivity index (χ1n) is 7.22. The third-order valence-electron chi connectivity index (χ3n) is 4.35. The molecule has 0 saturated carbocycles. The maximum Gasteiger partial charge on any atom is 0.139 e. The maximum atomic E-state index is 12.4. The summed E-state index contributed by atoms with van der Waals surface area (Å²) in [5, 5.41) is 3.42. The Morgan fingerprint density at radius 3 is 2.71 bits per heavy atom. The minimum absolute atomic E-state index is 0.143. The smallest absolute Gasteiger partial charge is 0.139 e. The van der Waals surface area contributed by atoms with E-state index in [1.807, 2.05) is 0 Å². The Balaban J connectivity index is 2.52. The van der Waals surface area contributed by atoms with Crippen LogP contribution in [0, 0.1) is 17.3 Å². The molecule has 0 aromatic rings. The van der Waals surface area contributed by atoms with Crippen molar-refractivity contribution < 1.29 is 4.79 Å². The predicted molar refractivity (Wildman–Crippen MR) is 73.1 cm³/mol. The van der Waals surface area contributed by atoms with Gasteiger partial charge in [-0.15, -0.1) is 0 Å². The Bertz CT molecular complexity index is 241. The summed E-state index contributed by atoms with van der Waals surface area (Å²) in [6.07, 6.45) is 5.53. The molecule has 17 heavy (non-hydrogen) atoms. The van der Waals surface area contributed by atoms with E-state index in [1.165, 1.54) is 25.7 Å². The number of hydrogen-bond acceptors (Lipinski definition) is 2. The zero-order chi connectivity index (χ0) is 12.9. The van der Waals surface area contributed by atoms with Crippen LogP contribution < -0.4 is 5.32 Å². The number of carbonyl (C=O) groups is 1. The molecule has 0 aliphatic carbocycles. The summed E-state index contributed by atoms with van der Waals surface area (Å²) in [5.41, 5.74) is -0.143. The van der Waals surface area contributed by atoms with E-state index in [1.54, 1.807) is 0 Å². The number of Topliss-reactive ketones (excluding diaryl/α,β-unsaturated/α-hetero) is 1. The summed E-state index contributed by atoms with van der Waals surface area (Å²) < 4.78 is 0. The van der Waals surface area contributed by atoms with Crippen molar-refractivity contribution in [2.24, 2.45) is 17.3 Å². The second kappa shape index (κ2) is 6.53. The van der Waals surface area contributed by atoms with Gasteiger partial charge in [-0.25, -0.2) is 0 Å². The molecule has 2 heteroatoms. The van der Waals surface area contributed by atoms with Gasteiger partial charge in [0.2, 0.25) is 0 Å². The number of piperidine rings is 1. The molecule has 0 aromatic heterocycles. The summed E-state index contributed by atoms with van der Waals surface area (Å²) >= 11 is 0. The van der Waals surface area contributed by atoms with E-state index in [2.05, 4.69) is 33.0 Å². The molecule has 1 heterocycles. The molecule has 0 spiro atoms. The summed E-state index contributed by atoms with van der Waals surface area (Å²) in [5.74, 6) is 1.54. The number of carbonyl (C=O) groups excluding carboxylic acids is 1. The molecule has 1 rings (SSSR count). The number of nitrogens with one attached hydrogen (secondary N) is 1. The normalized spacial score (nSPS) is 23.4. The van der Waals surface area contributed by atoms with Crippen LogP contribution in [0.5, 0.6) is 0 Å². The molecule has 0 aromatic carbocycles. The average Bonchev–Trinajstić information content (AvgIpc) is 2.30. The fourth-order valence-corrected chi connectivity index (χ4v) is 2.87. The lowest BCUT2D eigenvalue weighted by Gasteiger charge is -2.36. The molecule has 100 valence electrons. The summed E-state index contributed by atoms with van der Waals surface area (Å²) in [6.45, 7) is 10.8. The van der Waals surface area contributed by atoms with E-state index in [9.17, 15) is 4.79 Å². The molecule has 1 aliphatic rings. The van der Waals surface area contributed by atoms with Crippen LogP contribution >= 0.6 is 0 Å². The molecule has 0 amide bonds. The van der Waals surface area contributed by atoms with Gasteiger partial charge in [-0.1, -0.05) is 40.5 Å². The van der Waals surface area contributed by atoms with Gasteiger partial charge in [0.15, 0.2) is 0 Å². The van der Waals surface area contributed by atoms with Gasteiger partial charge in [0.1, 0.15) is 5.78 Å². The first-order valence-corrected chi connectivity index (χ1v) is 7.22. The first kappa shape index (κ1) is 14.7. The van der Waals surface area contributed by atoms with Crippen LogP contribution in [0.4, 0.5) is 0 Å². The van der Waals surface area contributed by atoms with Gasteiger partial charge in [0, 0.05) is 11.8 Å². The van der Waals surface area contributed by atoms with Gasteiger partial charge < -0.3 is 5.32 Å². The van der Waals surface area contributed by atoms with Crippen molar-refractivity contribution in [2.75, 3.05) is 13.1 Å². The highest BCUT2D eigenvalue weighted by molar-refractivity contribution is 5.84. The third kappa shape index (κ3) is 4.09. The van der Waals surface area contributed by atoms with Crippen molar-refractivity contribution in [1.29, 1.82) is 0 Å². The molecule has 1 saturated heterocycles. The van der Waals surface area contributed by atoms with Crippen molar-refractivity contribution in [1.82, 2.24) is 5.32 Å². The van der Waals surface area contributed by atoms with E-state index < -0.39 is 0 Å². The minimum Gasteiger partial charge on any atom is -0.316 e. The molecule has 2 nitrogen and oxygen atoms in total. The Labute approximate surface area is 107 Å². The molecule has 1 aliphatic heterocycles. The number of rotatable bonds is 6. The largest absolute Gasteiger partial charge is 0.316 e. The molecule has 1 N–H and O–H groups in total. The molecule has 2 atom stereocenters. The Kier molecular flexibility index (Phi) is 5.64. The van der Waals surface area contributed by atoms with Gasteiger partial charge in [0.05, 0.1) is 0 Å². The second-order valence-electron chi connectivity index (χ2n) is 6.29. The van der Waals surface area contributed by atoms with Crippen LogP contribution in [-0.4, -0.2) is 18.9 Å². The lowest BCUT2D eigenvalue weighted by Crippen LogP contribution is -2.42. The van der Waals surface area contributed by atoms with Crippen LogP contribution in [0.25, 0.3) is 0 Å². The van der Waals surface area contributed by atoms with E-state index >= 15 is 0 Å². The highest BCUT2D eigenvalue weighted by atomic mass is 16.1. The van der Waals surface area contributed by atoms with Crippen molar-refractivity contribution in [3.63, 3.8) is 0 Å². The Morgan fingerprint density at radius 2 is 2.18 bits per heavy atom. The fourth-order valence-electron chi connectivity index (χ4n) is 2.87. The van der Waals surface area contributed by atoms with E-state index in [0.717, 1.165) is 19.5 Å². The summed E-state index contributed by atoms with van der Waals surface area (Å²) in [6, 6.07) is 0. The number of ketones is 1. The molecule has 1 fully saturated rings. The Morgan fingerprint density at radius 1 is 1.47 bits per heavy atom. The van der Waals surface area contributed by atoms with Gasteiger partial charge in [0.25, 0.3) is 0 Å². The molecule has 0 bridgehead atoms. The molecular weight excluding hydrogens is 210 g/mol. The molecular formula is C15H29NO. The summed E-state index contributed by atoms with van der Waals surface area (Å²) in [7, 11) is 0.